The van der Waals surface area contributed by atoms with Gasteiger partial charge in [0.2, 0.25) is 5.72 Å². The zero-order chi connectivity index (χ0) is 13.2. The quantitative estimate of drug-likeness (QED) is 0.260. The smallest absolute Gasteiger partial charge is 0.356 e. The number of benzene rings is 1. The number of methoxy groups -OCH3 is 1. The molecule has 0 amide bonds. The molecule has 0 aliphatic heterocycles. The summed E-state index contributed by atoms with van der Waals surface area (Å²) in [4.78, 5) is 11.1. The van der Waals surface area contributed by atoms with E-state index in [-0.39, 0.29) is 5.56 Å². The fraction of sp³-hybridized carbons (Fsp3) is 0.300. The first-order valence-electron chi connectivity index (χ1n) is 4.60. The van der Waals surface area contributed by atoms with Gasteiger partial charge in [-0.25, -0.2) is 4.79 Å². The number of carbonyl (C=O) groups excluding carboxylic acids is 1. The van der Waals surface area contributed by atoms with E-state index in [1.54, 1.807) is 0 Å². The Kier molecular flexibility index (Phi) is 3.56. The third kappa shape index (κ3) is 2.47. The van der Waals surface area contributed by atoms with Crippen LogP contribution < -0.4 is 5.73 Å². The van der Waals surface area contributed by atoms with Crippen LogP contribution in [0.2, 0.25) is 0 Å². The highest BCUT2D eigenvalue weighted by Gasteiger charge is 2.41. The van der Waals surface area contributed by atoms with E-state index in [0.717, 1.165) is 19.2 Å². The summed E-state index contributed by atoms with van der Waals surface area (Å²) < 4.78 is 4.23. The van der Waals surface area contributed by atoms with Crippen molar-refractivity contribution in [2.24, 2.45) is 5.73 Å². The first-order valence-corrected chi connectivity index (χ1v) is 4.60. The van der Waals surface area contributed by atoms with Gasteiger partial charge in [0.05, 0.1) is 7.11 Å². The summed E-state index contributed by atoms with van der Waals surface area (Å²) in [5.41, 5.74) is 2.53. The van der Waals surface area contributed by atoms with Gasteiger partial charge in [-0.2, -0.15) is 0 Å². The predicted molar refractivity (Wildman–Crippen MR) is 55.9 cm³/mol. The van der Waals surface area contributed by atoms with Gasteiger partial charge in [-0.3, -0.25) is 5.73 Å². The zero-order valence-corrected chi connectivity index (χ0v) is 8.99. The monoisotopic (exact) mass is 243 g/mol. The average Bonchev–Trinajstić information content (AvgIpc) is 2.30. The number of rotatable bonds is 3. The molecule has 0 saturated carbocycles. The van der Waals surface area contributed by atoms with E-state index in [2.05, 4.69) is 4.74 Å². The molecule has 2 atom stereocenters. The Morgan fingerprint density at radius 1 is 1.41 bits per heavy atom. The summed E-state index contributed by atoms with van der Waals surface area (Å²) >= 11 is 0. The largest absolute Gasteiger partial charge is 0.504 e. The van der Waals surface area contributed by atoms with Crippen LogP contribution in [-0.2, 0) is 9.53 Å². The van der Waals surface area contributed by atoms with Gasteiger partial charge in [-0.1, -0.05) is 6.07 Å². The maximum Gasteiger partial charge on any atom is 0.356 e. The van der Waals surface area contributed by atoms with Crippen LogP contribution in [-0.4, -0.2) is 39.2 Å². The number of hydrogen-bond donors (Lipinski definition) is 5. The van der Waals surface area contributed by atoms with Crippen LogP contribution in [0.3, 0.4) is 0 Å². The minimum absolute atomic E-state index is 0.0456. The normalized spacial score (nSPS) is 16.0. The highest BCUT2D eigenvalue weighted by molar-refractivity contribution is 5.79. The molecule has 0 fully saturated rings. The summed E-state index contributed by atoms with van der Waals surface area (Å²) in [5.74, 6) is -2.14. The molecule has 0 aliphatic carbocycles. The Balaban J connectivity index is 3.07. The number of ether oxygens (including phenoxy) is 1. The van der Waals surface area contributed by atoms with Crippen molar-refractivity contribution in [2.75, 3.05) is 7.11 Å². The molecule has 7 heteroatoms. The van der Waals surface area contributed by atoms with Crippen LogP contribution >= 0.6 is 0 Å². The molecule has 6 N–H and O–H groups in total. The second kappa shape index (κ2) is 4.58. The van der Waals surface area contributed by atoms with E-state index in [1.807, 2.05) is 0 Å². The van der Waals surface area contributed by atoms with Crippen LogP contribution in [0.4, 0.5) is 0 Å². The third-order valence-corrected chi connectivity index (χ3v) is 2.24. The molecular formula is C10H13NO6. The summed E-state index contributed by atoms with van der Waals surface area (Å²) in [7, 11) is 1.00. The zero-order valence-electron chi connectivity index (χ0n) is 8.99. The Labute approximate surface area is 96.7 Å². The molecule has 0 aliphatic rings. The van der Waals surface area contributed by atoms with Crippen molar-refractivity contribution in [3.8, 4) is 11.5 Å². The Hall–Kier alpha value is -1.83. The van der Waals surface area contributed by atoms with Crippen molar-refractivity contribution in [3.63, 3.8) is 0 Å². The van der Waals surface area contributed by atoms with Gasteiger partial charge in [0.15, 0.2) is 11.5 Å². The lowest BCUT2D eigenvalue weighted by Crippen LogP contribution is -2.53. The van der Waals surface area contributed by atoms with E-state index in [0.29, 0.717) is 0 Å². The molecule has 17 heavy (non-hydrogen) atoms. The minimum Gasteiger partial charge on any atom is -0.504 e. The van der Waals surface area contributed by atoms with Crippen LogP contribution in [0.1, 0.15) is 11.7 Å². The molecule has 2 unspecified atom stereocenters. The Morgan fingerprint density at radius 2 is 2.00 bits per heavy atom. The van der Waals surface area contributed by atoms with Crippen molar-refractivity contribution in [3.05, 3.63) is 23.8 Å². The number of nitrogens with two attached hydrogens (primary N) is 1. The molecule has 94 valence electrons. The standard InChI is InChI=1S/C10H13NO6/c1-17-9(15)10(11,16)8(14)5-2-3-6(12)7(13)4-5/h2-4,8,12-14,16H,11H2,1H3. The number of carbonyl (C=O) groups is 1. The molecule has 0 radical (unpaired) electrons. The van der Waals surface area contributed by atoms with E-state index in [4.69, 9.17) is 10.8 Å². The van der Waals surface area contributed by atoms with Crippen LogP contribution in [0, 0.1) is 0 Å². The molecular weight excluding hydrogens is 230 g/mol. The maximum absolute atomic E-state index is 11.1. The van der Waals surface area contributed by atoms with Crippen molar-refractivity contribution in [1.82, 2.24) is 0 Å². The lowest BCUT2D eigenvalue weighted by molar-refractivity contribution is -0.175. The van der Waals surface area contributed by atoms with Gasteiger partial charge < -0.3 is 25.2 Å². The van der Waals surface area contributed by atoms with Gasteiger partial charge in [-0.05, 0) is 17.7 Å². The molecule has 0 bridgehead atoms. The van der Waals surface area contributed by atoms with Crippen molar-refractivity contribution >= 4 is 5.97 Å². The summed E-state index contributed by atoms with van der Waals surface area (Å²) in [6.45, 7) is 0. The first kappa shape index (κ1) is 13.2. The number of aliphatic hydroxyl groups excluding tert-OH is 1. The topological polar surface area (TPSA) is 133 Å². The van der Waals surface area contributed by atoms with Crippen molar-refractivity contribution in [1.29, 1.82) is 0 Å². The second-order valence-corrected chi connectivity index (χ2v) is 3.47. The lowest BCUT2D eigenvalue weighted by Gasteiger charge is -2.26. The molecule has 0 saturated heterocycles. The number of phenols is 2. The van der Waals surface area contributed by atoms with E-state index >= 15 is 0 Å². The molecule has 7 nitrogen and oxygen atoms in total. The average molecular weight is 243 g/mol. The number of hydrogen-bond acceptors (Lipinski definition) is 7. The summed E-state index contributed by atoms with van der Waals surface area (Å²) in [6.07, 6.45) is -1.80. The van der Waals surface area contributed by atoms with Crippen LogP contribution in [0.15, 0.2) is 18.2 Å². The summed E-state index contributed by atoms with van der Waals surface area (Å²) in [6, 6.07) is 3.25. The Morgan fingerprint density at radius 3 is 2.47 bits per heavy atom. The number of aliphatic hydroxyl groups is 2. The van der Waals surface area contributed by atoms with Crippen LogP contribution in [0.25, 0.3) is 0 Å². The minimum atomic E-state index is -2.64. The number of phenolic OH excluding ortho intramolecular Hbond substituents is 2. The molecule has 0 spiro atoms. The Bertz CT molecular complexity index is 431. The molecule has 0 heterocycles. The van der Waals surface area contributed by atoms with Gasteiger partial charge in [0.25, 0.3) is 0 Å². The molecule has 0 aromatic heterocycles. The van der Waals surface area contributed by atoms with Crippen LogP contribution in [0.5, 0.6) is 11.5 Å². The number of aromatic hydroxyl groups is 2. The van der Waals surface area contributed by atoms with Gasteiger partial charge >= 0.3 is 5.97 Å². The summed E-state index contributed by atoms with van der Waals surface area (Å²) in [5, 5.41) is 37.5. The first-order chi connectivity index (χ1) is 7.80. The van der Waals surface area contributed by atoms with Gasteiger partial charge in [0.1, 0.15) is 6.10 Å². The lowest BCUT2D eigenvalue weighted by atomic mass is 9.99. The predicted octanol–water partition coefficient (Wildman–Crippen LogP) is -1.05. The van der Waals surface area contributed by atoms with E-state index in [1.165, 1.54) is 6.07 Å². The number of esters is 1. The highest BCUT2D eigenvalue weighted by Crippen LogP contribution is 2.31. The van der Waals surface area contributed by atoms with E-state index in [9.17, 15) is 20.1 Å². The van der Waals surface area contributed by atoms with Gasteiger partial charge in [0, 0.05) is 0 Å². The maximum atomic E-state index is 11.1. The molecule has 1 aromatic rings. The fourth-order valence-corrected chi connectivity index (χ4v) is 1.24. The third-order valence-electron chi connectivity index (χ3n) is 2.24. The van der Waals surface area contributed by atoms with Crippen molar-refractivity contribution in [2.45, 2.75) is 11.8 Å². The fourth-order valence-electron chi connectivity index (χ4n) is 1.24. The SMILES string of the molecule is COC(=O)C(N)(O)C(O)c1ccc(O)c(O)c1. The molecule has 1 rings (SSSR count). The second-order valence-electron chi connectivity index (χ2n) is 3.47. The van der Waals surface area contributed by atoms with E-state index < -0.39 is 29.3 Å². The van der Waals surface area contributed by atoms with Gasteiger partial charge in [-0.15, -0.1) is 0 Å². The highest BCUT2D eigenvalue weighted by atomic mass is 16.5. The van der Waals surface area contributed by atoms with Crippen molar-refractivity contribution < 1.29 is 30.0 Å². The molecule has 1 aromatic carbocycles.